The number of hydrogen-bond donors (Lipinski definition) is 0. The lowest BCUT2D eigenvalue weighted by Crippen LogP contribution is -2.40. The summed E-state index contributed by atoms with van der Waals surface area (Å²) in [6.07, 6.45) is 0.861. The highest BCUT2D eigenvalue weighted by molar-refractivity contribution is 7.89. The van der Waals surface area contributed by atoms with Crippen LogP contribution < -0.4 is 0 Å². The lowest BCUT2D eigenvalue weighted by atomic mass is 9.89. The molecular weight excluding hydrogens is 380 g/mol. The van der Waals surface area contributed by atoms with E-state index in [0.717, 1.165) is 11.6 Å². The van der Waals surface area contributed by atoms with E-state index < -0.39 is 14.9 Å². The summed E-state index contributed by atoms with van der Waals surface area (Å²) in [5.74, 6) is -0.190. The number of carbonyl (C=O) groups is 1. The largest absolute Gasteiger partial charge is 0.294 e. The first-order valence-corrected chi connectivity index (χ1v) is 10.5. The highest BCUT2D eigenvalue weighted by atomic mass is 32.2. The summed E-state index contributed by atoms with van der Waals surface area (Å²) >= 11 is 0. The third kappa shape index (κ3) is 3.98. The maximum absolute atomic E-state index is 12.9. The molecule has 0 aromatic heterocycles. The third-order valence-corrected chi connectivity index (χ3v) is 7.07. The quantitative estimate of drug-likeness (QED) is 0.433. The Bertz CT molecular complexity index is 1010. The van der Waals surface area contributed by atoms with E-state index >= 15 is 0 Å². The standard InChI is InChI=1S/C20H22N2O5S/c1-14-3-6-16(7-4-14)20(23)17-9-11-21(12-10-17)28(26,27)18-8-5-15(2)19(13-18)22(24)25/h3-8,13,17H,9-12H2,1-2H3. The summed E-state index contributed by atoms with van der Waals surface area (Å²) in [5.41, 5.74) is 1.91. The molecule has 0 saturated carbocycles. The number of nitro groups is 1. The van der Waals surface area contributed by atoms with Crippen LogP contribution in [0.3, 0.4) is 0 Å². The van der Waals surface area contributed by atoms with Crippen molar-refractivity contribution in [2.24, 2.45) is 5.92 Å². The minimum atomic E-state index is -3.84. The molecule has 3 rings (SSSR count). The molecule has 2 aromatic carbocycles. The molecule has 148 valence electrons. The average Bonchev–Trinajstić information content (AvgIpc) is 2.68. The SMILES string of the molecule is Cc1ccc(C(=O)C2CCN(S(=O)(=O)c3ccc(C)c([N+](=O)[O-])c3)CC2)cc1. The van der Waals surface area contributed by atoms with Gasteiger partial charge in [0.25, 0.3) is 5.69 Å². The molecule has 0 spiro atoms. The Morgan fingerprint density at radius 1 is 1.07 bits per heavy atom. The van der Waals surface area contributed by atoms with Crippen molar-refractivity contribution in [2.75, 3.05) is 13.1 Å². The fourth-order valence-electron chi connectivity index (χ4n) is 3.41. The van der Waals surface area contributed by atoms with Gasteiger partial charge in [0.15, 0.2) is 5.78 Å². The van der Waals surface area contributed by atoms with Crippen LogP contribution in [0.1, 0.15) is 34.3 Å². The van der Waals surface area contributed by atoms with E-state index in [-0.39, 0.29) is 35.4 Å². The number of piperidine rings is 1. The zero-order chi connectivity index (χ0) is 20.5. The van der Waals surface area contributed by atoms with Gasteiger partial charge in [0, 0.05) is 36.2 Å². The van der Waals surface area contributed by atoms with Crippen molar-refractivity contribution in [2.45, 2.75) is 31.6 Å². The highest BCUT2D eigenvalue weighted by Gasteiger charge is 2.33. The molecule has 28 heavy (non-hydrogen) atoms. The highest BCUT2D eigenvalue weighted by Crippen LogP contribution is 2.29. The van der Waals surface area contributed by atoms with Crippen molar-refractivity contribution < 1.29 is 18.1 Å². The zero-order valence-electron chi connectivity index (χ0n) is 15.8. The van der Waals surface area contributed by atoms with Gasteiger partial charge in [0.1, 0.15) is 0 Å². The first-order chi connectivity index (χ1) is 13.2. The molecule has 0 radical (unpaired) electrons. The molecule has 0 unspecified atom stereocenters. The second-order valence-corrected chi connectivity index (χ2v) is 9.05. The predicted molar refractivity (Wildman–Crippen MR) is 105 cm³/mol. The average molecular weight is 402 g/mol. The van der Waals surface area contributed by atoms with E-state index in [4.69, 9.17) is 0 Å². The van der Waals surface area contributed by atoms with Crippen LogP contribution in [0, 0.1) is 29.9 Å². The van der Waals surface area contributed by atoms with Crippen LogP contribution in [0.4, 0.5) is 5.69 Å². The lowest BCUT2D eigenvalue weighted by molar-refractivity contribution is -0.385. The van der Waals surface area contributed by atoms with E-state index in [1.807, 2.05) is 19.1 Å². The van der Waals surface area contributed by atoms with Gasteiger partial charge >= 0.3 is 0 Å². The van der Waals surface area contributed by atoms with Crippen LogP contribution in [0.2, 0.25) is 0 Å². The number of rotatable bonds is 5. The molecule has 1 saturated heterocycles. The number of nitro benzene ring substituents is 1. The molecule has 0 amide bonds. The number of hydrogen-bond acceptors (Lipinski definition) is 5. The van der Waals surface area contributed by atoms with Crippen LogP contribution in [0.15, 0.2) is 47.4 Å². The molecule has 1 fully saturated rings. The van der Waals surface area contributed by atoms with E-state index in [1.54, 1.807) is 19.1 Å². The van der Waals surface area contributed by atoms with Crippen LogP contribution in [0.5, 0.6) is 0 Å². The fourth-order valence-corrected chi connectivity index (χ4v) is 4.90. The summed E-state index contributed by atoms with van der Waals surface area (Å²) in [6, 6.07) is 11.3. The third-order valence-electron chi connectivity index (χ3n) is 5.18. The van der Waals surface area contributed by atoms with Crippen molar-refractivity contribution in [3.63, 3.8) is 0 Å². The minimum absolute atomic E-state index is 0.0306. The van der Waals surface area contributed by atoms with Gasteiger partial charge in [-0.05, 0) is 32.8 Å². The van der Waals surface area contributed by atoms with Gasteiger partial charge in [0.05, 0.1) is 9.82 Å². The summed E-state index contributed by atoms with van der Waals surface area (Å²) < 4.78 is 27.1. The topological polar surface area (TPSA) is 97.6 Å². The number of Topliss-reactive ketones (excluding diaryl/α,β-unsaturated/α-hetero) is 1. The molecule has 1 aliphatic rings. The minimum Gasteiger partial charge on any atom is -0.294 e. The normalized spacial score (nSPS) is 16.1. The van der Waals surface area contributed by atoms with Crippen LogP contribution in [-0.4, -0.2) is 36.5 Å². The van der Waals surface area contributed by atoms with Crippen molar-refractivity contribution in [1.29, 1.82) is 0 Å². The summed E-state index contributed by atoms with van der Waals surface area (Å²) in [5, 5.41) is 11.1. The maximum Gasteiger partial charge on any atom is 0.273 e. The Kier molecular flexibility index (Phi) is 5.62. The first kappa shape index (κ1) is 20.2. The summed E-state index contributed by atoms with van der Waals surface area (Å²) in [7, 11) is -3.84. The molecule has 7 nitrogen and oxygen atoms in total. The lowest BCUT2D eigenvalue weighted by Gasteiger charge is -2.30. The summed E-state index contributed by atoms with van der Waals surface area (Å²) in [4.78, 5) is 23.1. The monoisotopic (exact) mass is 402 g/mol. The molecule has 0 atom stereocenters. The molecule has 8 heteroatoms. The van der Waals surface area contributed by atoms with Gasteiger partial charge in [0.2, 0.25) is 10.0 Å². The van der Waals surface area contributed by atoms with Gasteiger partial charge in [-0.15, -0.1) is 0 Å². The molecule has 0 bridgehead atoms. The smallest absolute Gasteiger partial charge is 0.273 e. The number of sulfonamides is 1. The van der Waals surface area contributed by atoms with Gasteiger partial charge < -0.3 is 0 Å². The van der Waals surface area contributed by atoms with Gasteiger partial charge in [-0.2, -0.15) is 4.31 Å². The van der Waals surface area contributed by atoms with Crippen molar-refractivity contribution in [3.8, 4) is 0 Å². The molecule has 1 aliphatic heterocycles. The second kappa shape index (κ2) is 7.81. The van der Waals surface area contributed by atoms with Gasteiger partial charge in [-0.1, -0.05) is 35.9 Å². The van der Waals surface area contributed by atoms with Crippen molar-refractivity contribution in [1.82, 2.24) is 4.31 Å². The zero-order valence-corrected chi connectivity index (χ0v) is 16.6. The van der Waals surface area contributed by atoms with E-state index in [1.165, 1.54) is 16.4 Å². The molecule has 1 heterocycles. The molecule has 0 aliphatic carbocycles. The number of nitrogens with zero attached hydrogens (tertiary/aromatic N) is 2. The van der Waals surface area contributed by atoms with Gasteiger partial charge in [-0.25, -0.2) is 8.42 Å². The van der Waals surface area contributed by atoms with Crippen LogP contribution in [-0.2, 0) is 10.0 Å². The second-order valence-electron chi connectivity index (χ2n) is 7.11. The van der Waals surface area contributed by atoms with E-state index in [2.05, 4.69) is 0 Å². The molecule has 2 aromatic rings. The Balaban J connectivity index is 1.73. The van der Waals surface area contributed by atoms with Crippen LogP contribution in [0.25, 0.3) is 0 Å². The fraction of sp³-hybridized carbons (Fsp3) is 0.350. The van der Waals surface area contributed by atoms with Crippen LogP contribution >= 0.6 is 0 Å². The van der Waals surface area contributed by atoms with E-state index in [9.17, 15) is 23.3 Å². The summed E-state index contributed by atoms with van der Waals surface area (Å²) in [6.45, 7) is 3.95. The Morgan fingerprint density at radius 2 is 1.68 bits per heavy atom. The van der Waals surface area contributed by atoms with Crippen molar-refractivity contribution >= 4 is 21.5 Å². The Hall–Kier alpha value is -2.58. The number of benzene rings is 2. The van der Waals surface area contributed by atoms with E-state index in [0.29, 0.717) is 24.0 Å². The Labute approximate surface area is 164 Å². The Morgan fingerprint density at radius 3 is 2.25 bits per heavy atom. The number of aryl methyl sites for hydroxylation is 2. The molecule has 0 N–H and O–H groups in total. The van der Waals surface area contributed by atoms with Crippen molar-refractivity contribution in [3.05, 3.63) is 69.3 Å². The predicted octanol–water partition coefficient (Wildman–Crippen LogP) is 3.50. The number of carbonyl (C=O) groups excluding carboxylic acids is 1. The maximum atomic E-state index is 12.9. The molecular formula is C20H22N2O5S. The van der Waals surface area contributed by atoms with Gasteiger partial charge in [-0.3, -0.25) is 14.9 Å². The number of ketones is 1. The first-order valence-electron chi connectivity index (χ1n) is 9.06.